The normalized spacial score (nSPS) is 9.11. The minimum absolute atomic E-state index is 0.471. The van der Waals surface area contributed by atoms with Crippen molar-refractivity contribution in [3.8, 4) is 12.3 Å². The molecular weight excluding hydrogens is 148 g/mol. The van der Waals surface area contributed by atoms with Gasteiger partial charge in [0.15, 0.2) is 0 Å². The SMILES string of the molecule is C#CCSC(=S)C(C)C. The number of hydrogen-bond acceptors (Lipinski definition) is 2. The van der Waals surface area contributed by atoms with Crippen LogP contribution >= 0.6 is 24.0 Å². The van der Waals surface area contributed by atoms with E-state index in [9.17, 15) is 0 Å². The molecule has 0 rings (SSSR count). The van der Waals surface area contributed by atoms with E-state index in [4.69, 9.17) is 18.6 Å². The molecule has 0 nitrogen and oxygen atoms in total. The largest absolute Gasteiger partial charge is 0.119 e. The van der Waals surface area contributed by atoms with Crippen molar-refractivity contribution in [1.29, 1.82) is 0 Å². The Morgan fingerprint density at radius 1 is 1.78 bits per heavy atom. The van der Waals surface area contributed by atoms with Crippen molar-refractivity contribution < 1.29 is 0 Å². The Balaban J connectivity index is 3.42. The molecular formula is C7H10S2. The number of terminal acetylenes is 1. The van der Waals surface area contributed by atoms with E-state index in [1.807, 2.05) is 0 Å². The fourth-order valence-corrected chi connectivity index (χ4v) is 1.02. The Morgan fingerprint density at radius 2 is 2.33 bits per heavy atom. The van der Waals surface area contributed by atoms with Crippen LogP contribution in [0.5, 0.6) is 0 Å². The zero-order valence-corrected chi connectivity index (χ0v) is 7.31. The van der Waals surface area contributed by atoms with Gasteiger partial charge in [-0.25, -0.2) is 0 Å². The van der Waals surface area contributed by atoms with E-state index in [1.165, 1.54) is 0 Å². The van der Waals surface area contributed by atoms with Crippen LogP contribution in [0.3, 0.4) is 0 Å². The fourth-order valence-electron chi connectivity index (χ4n) is 0.279. The van der Waals surface area contributed by atoms with Gasteiger partial charge in [-0.15, -0.1) is 18.2 Å². The van der Waals surface area contributed by atoms with Gasteiger partial charge in [0.25, 0.3) is 0 Å². The van der Waals surface area contributed by atoms with Gasteiger partial charge in [-0.1, -0.05) is 32.0 Å². The lowest BCUT2D eigenvalue weighted by Crippen LogP contribution is -1.98. The molecule has 0 aromatic rings. The lowest BCUT2D eigenvalue weighted by Gasteiger charge is -2.02. The summed E-state index contributed by atoms with van der Waals surface area (Å²) in [5, 5.41) is 0. The average molecular weight is 158 g/mol. The molecule has 9 heavy (non-hydrogen) atoms. The average Bonchev–Trinajstić information content (AvgIpc) is 1.82. The highest BCUT2D eigenvalue weighted by molar-refractivity contribution is 8.23. The zero-order chi connectivity index (χ0) is 7.28. The second-order valence-electron chi connectivity index (χ2n) is 1.97. The first-order valence-electron chi connectivity index (χ1n) is 2.78. The topological polar surface area (TPSA) is 0 Å². The summed E-state index contributed by atoms with van der Waals surface area (Å²) in [6.45, 7) is 4.15. The lowest BCUT2D eigenvalue weighted by atomic mass is 10.3. The second-order valence-corrected chi connectivity index (χ2v) is 3.68. The minimum Gasteiger partial charge on any atom is -0.119 e. The molecule has 0 amide bonds. The summed E-state index contributed by atoms with van der Waals surface area (Å²) >= 11 is 6.59. The summed E-state index contributed by atoms with van der Waals surface area (Å²) in [6, 6.07) is 0. The third-order valence-electron chi connectivity index (χ3n) is 0.769. The highest BCUT2D eigenvalue weighted by Gasteiger charge is 2.00. The van der Waals surface area contributed by atoms with Gasteiger partial charge in [-0.3, -0.25) is 0 Å². The van der Waals surface area contributed by atoms with Gasteiger partial charge in [0, 0.05) is 0 Å². The molecule has 0 saturated carbocycles. The zero-order valence-electron chi connectivity index (χ0n) is 5.68. The molecule has 0 aromatic carbocycles. The molecule has 50 valence electrons. The van der Waals surface area contributed by atoms with Gasteiger partial charge in [0.05, 0.1) is 9.95 Å². The number of thiocarbonyl (C=S) groups is 1. The molecule has 0 aliphatic heterocycles. The van der Waals surface area contributed by atoms with Crippen LogP contribution in [0.2, 0.25) is 0 Å². The van der Waals surface area contributed by atoms with Gasteiger partial charge in [0.1, 0.15) is 0 Å². The Bertz CT molecular complexity index is 130. The lowest BCUT2D eigenvalue weighted by molar-refractivity contribution is 0.915. The first-order chi connectivity index (χ1) is 4.18. The maximum Gasteiger partial charge on any atom is 0.0597 e. The Kier molecular flexibility index (Phi) is 4.84. The van der Waals surface area contributed by atoms with Crippen LogP contribution < -0.4 is 0 Å². The first kappa shape index (κ1) is 9.00. The third kappa shape index (κ3) is 4.50. The van der Waals surface area contributed by atoms with Crippen molar-refractivity contribution in [1.82, 2.24) is 0 Å². The first-order valence-corrected chi connectivity index (χ1v) is 4.18. The van der Waals surface area contributed by atoms with Gasteiger partial charge < -0.3 is 0 Å². The van der Waals surface area contributed by atoms with E-state index < -0.39 is 0 Å². The van der Waals surface area contributed by atoms with Gasteiger partial charge in [-0.05, 0) is 5.92 Å². The van der Waals surface area contributed by atoms with Crippen LogP contribution in [0.1, 0.15) is 13.8 Å². The number of rotatable bonds is 2. The summed E-state index contributed by atoms with van der Waals surface area (Å²) in [4.78, 5) is 0. The molecule has 0 N–H and O–H groups in total. The van der Waals surface area contributed by atoms with Crippen molar-refractivity contribution in [2.24, 2.45) is 5.92 Å². The molecule has 0 aliphatic rings. The molecule has 0 spiro atoms. The third-order valence-corrected chi connectivity index (χ3v) is 2.66. The summed E-state index contributed by atoms with van der Waals surface area (Å²) in [5.41, 5.74) is 0. The molecule has 0 saturated heterocycles. The van der Waals surface area contributed by atoms with Crippen molar-refractivity contribution in [2.75, 3.05) is 5.75 Å². The van der Waals surface area contributed by atoms with Crippen molar-refractivity contribution in [2.45, 2.75) is 13.8 Å². The summed E-state index contributed by atoms with van der Waals surface area (Å²) in [6.07, 6.45) is 5.05. The van der Waals surface area contributed by atoms with E-state index in [-0.39, 0.29) is 0 Å². The van der Waals surface area contributed by atoms with E-state index in [1.54, 1.807) is 11.8 Å². The summed E-state index contributed by atoms with van der Waals surface area (Å²) < 4.78 is 1.01. The molecule has 0 bridgehead atoms. The highest BCUT2D eigenvalue weighted by Crippen LogP contribution is 2.11. The number of hydrogen-bond donors (Lipinski definition) is 0. The minimum atomic E-state index is 0.471. The van der Waals surface area contributed by atoms with Crippen molar-refractivity contribution in [3.63, 3.8) is 0 Å². The molecule has 0 unspecified atom stereocenters. The predicted molar refractivity (Wildman–Crippen MR) is 48.7 cm³/mol. The molecule has 0 fully saturated rings. The summed E-state index contributed by atoms with van der Waals surface area (Å²) in [5.74, 6) is 3.70. The van der Waals surface area contributed by atoms with E-state index in [2.05, 4.69) is 19.8 Å². The van der Waals surface area contributed by atoms with Gasteiger partial charge in [0.2, 0.25) is 0 Å². The molecule has 2 heteroatoms. The molecule has 0 atom stereocenters. The standard InChI is InChI=1S/C7H10S2/c1-4-5-9-7(8)6(2)3/h1,6H,5H2,2-3H3. The monoisotopic (exact) mass is 158 g/mol. The van der Waals surface area contributed by atoms with Crippen LogP contribution in [0.25, 0.3) is 0 Å². The molecule has 0 heterocycles. The van der Waals surface area contributed by atoms with Crippen molar-refractivity contribution in [3.05, 3.63) is 0 Å². The summed E-state index contributed by atoms with van der Waals surface area (Å²) in [7, 11) is 0. The Morgan fingerprint density at radius 3 is 2.67 bits per heavy atom. The van der Waals surface area contributed by atoms with E-state index in [0.29, 0.717) is 11.7 Å². The molecule has 0 radical (unpaired) electrons. The molecule has 0 aliphatic carbocycles. The highest BCUT2D eigenvalue weighted by atomic mass is 32.2. The van der Waals surface area contributed by atoms with Gasteiger partial charge >= 0.3 is 0 Å². The maximum absolute atomic E-state index is 5.05. The van der Waals surface area contributed by atoms with E-state index >= 15 is 0 Å². The fraction of sp³-hybridized carbons (Fsp3) is 0.571. The second kappa shape index (κ2) is 4.84. The van der Waals surface area contributed by atoms with Crippen LogP contribution in [-0.2, 0) is 0 Å². The predicted octanol–water partition coefficient (Wildman–Crippen LogP) is 2.34. The van der Waals surface area contributed by atoms with Gasteiger partial charge in [-0.2, -0.15) is 0 Å². The van der Waals surface area contributed by atoms with Crippen molar-refractivity contribution >= 4 is 28.2 Å². The Hall–Kier alpha value is -0.0000000000000000278. The quantitative estimate of drug-likeness (QED) is 0.447. The van der Waals surface area contributed by atoms with Crippen LogP contribution in [0.15, 0.2) is 0 Å². The van der Waals surface area contributed by atoms with Crippen LogP contribution in [0, 0.1) is 18.3 Å². The van der Waals surface area contributed by atoms with Crippen LogP contribution in [-0.4, -0.2) is 9.95 Å². The smallest absolute Gasteiger partial charge is 0.0597 e. The Labute approximate surface area is 66.4 Å². The van der Waals surface area contributed by atoms with E-state index in [0.717, 1.165) is 4.20 Å². The number of thioether (sulfide) groups is 1. The molecule has 0 aromatic heterocycles. The maximum atomic E-state index is 5.05. The van der Waals surface area contributed by atoms with Crippen LogP contribution in [0.4, 0.5) is 0 Å².